The number of benzene rings is 1. The molecule has 1 aromatic carbocycles. The lowest BCUT2D eigenvalue weighted by molar-refractivity contribution is -0.122. The van der Waals surface area contributed by atoms with E-state index in [1.165, 1.54) is 11.8 Å². The number of thiocarbonyl (C=S) groups is 1. The molecule has 2 nitrogen and oxygen atoms in total. The molecule has 0 N–H and O–H groups in total. The van der Waals surface area contributed by atoms with Gasteiger partial charge in [-0.2, -0.15) is 0 Å². The molecular formula is C13H11NOS2. The second-order valence-corrected chi connectivity index (χ2v) is 5.87. The quantitative estimate of drug-likeness (QED) is 0.603. The first-order chi connectivity index (χ1) is 8.25. The molecule has 0 bridgehead atoms. The summed E-state index contributed by atoms with van der Waals surface area (Å²) in [6.07, 6.45) is 4.10. The number of carbonyl (C=O) groups is 1. The van der Waals surface area contributed by atoms with E-state index in [2.05, 4.69) is 0 Å². The summed E-state index contributed by atoms with van der Waals surface area (Å²) in [5.74, 6) is 0.0753. The Bertz CT molecular complexity index is 505. The molecule has 1 aliphatic heterocycles. The first-order valence-corrected chi connectivity index (χ1v) is 6.80. The molecule has 1 heterocycles. The Morgan fingerprint density at radius 1 is 1.29 bits per heavy atom. The summed E-state index contributed by atoms with van der Waals surface area (Å²) in [7, 11) is 0. The highest BCUT2D eigenvalue weighted by Gasteiger charge is 2.41. The molecule has 1 aliphatic carbocycles. The minimum Gasteiger partial charge on any atom is -0.290 e. The summed E-state index contributed by atoms with van der Waals surface area (Å²) in [4.78, 5) is 14.7. The maximum atomic E-state index is 12.2. The van der Waals surface area contributed by atoms with Crippen molar-refractivity contribution >= 4 is 40.3 Å². The van der Waals surface area contributed by atoms with E-state index in [1.807, 2.05) is 36.4 Å². The van der Waals surface area contributed by atoms with Crippen molar-refractivity contribution in [3.63, 3.8) is 0 Å². The third kappa shape index (κ3) is 2.15. The summed E-state index contributed by atoms with van der Waals surface area (Å²) in [5, 5.41) is 0. The molecule has 4 heteroatoms. The Balaban J connectivity index is 1.88. The summed E-state index contributed by atoms with van der Waals surface area (Å²) >= 11 is 6.67. The van der Waals surface area contributed by atoms with Crippen LogP contribution in [0.15, 0.2) is 35.2 Å². The molecule has 0 unspecified atom stereocenters. The zero-order chi connectivity index (χ0) is 11.8. The number of thioether (sulfide) groups is 1. The zero-order valence-corrected chi connectivity index (χ0v) is 10.8. The SMILES string of the molecule is O=C1/C(=C/c2ccccc2)SC(=S)N1C1CC1. The van der Waals surface area contributed by atoms with E-state index in [-0.39, 0.29) is 5.91 Å². The summed E-state index contributed by atoms with van der Waals surface area (Å²) in [6.45, 7) is 0. The van der Waals surface area contributed by atoms with Crippen LogP contribution >= 0.6 is 24.0 Å². The average Bonchev–Trinajstić information content (AvgIpc) is 3.10. The van der Waals surface area contributed by atoms with E-state index in [0.29, 0.717) is 10.4 Å². The molecule has 0 aromatic heterocycles. The second kappa shape index (κ2) is 4.27. The van der Waals surface area contributed by atoms with Crippen LogP contribution in [0.25, 0.3) is 6.08 Å². The highest BCUT2D eigenvalue weighted by Crippen LogP contribution is 2.39. The van der Waals surface area contributed by atoms with E-state index >= 15 is 0 Å². The highest BCUT2D eigenvalue weighted by molar-refractivity contribution is 8.26. The van der Waals surface area contributed by atoms with Crippen LogP contribution in [-0.4, -0.2) is 21.2 Å². The Kier molecular flexibility index (Phi) is 2.76. The van der Waals surface area contributed by atoms with Crippen LogP contribution in [0.1, 0.15) is 18.4 Å². The summed E-state index contributed by atoms with van der Waals surface area (Å²) in [5.41, 5.74) is 1.05. The molecule has 1 amide bonds. The number of hydrogen-bond donors (Lipinski definition) is 0. The van der Waals surface area contributed by atoms with Gasteiger partial charge in [0.15, 0.2) is 0 Å². The van der Waals surface area contributed by atoms with Crippen LogP contribution in [0.2, 0.25) is 0 Å². The predicted molar refractivity (Wildman–Crippen MR) is 74.5 cm³/mol. The van der Waals surface area contributed by atoms with Gasteiger partial charge in [-0.3, -0.25) is 9.69 Å². The van der Waals surface area contributed by atoms with Gasteiger partial charge in [-0.25, -0.2) is 0 Å². The Hall–Kier alpha value is -1.13. The van der Waals surface area contributed by atoms with Crippen molar-refractivity contribution in [2.24, 2.45) is 0 Å². The molecule has 2 fully saturated rings. The predicted octanol–water partition coefficient (Wildman–Crippen LogP) is 3.05. The Labute approximate surface area is 110 Å². The average molecular weight is 261 g/mol. The van der Waals surface area contributed by atoms with Crippen LogP contribution in [0, 0.1) is 0 Å². The summed E-state index contributed by atoms with van der Waals surface area (Å²) in [6, 6.07) is 10.2. The first kappa shape index (κ1) is 11.0. The Morgan fingerprint density at radius 3 is 2.65 bits per heavy atom. The van der Waals surface area contributed by atoms with Gasteiger partial charge < -0.3 is 0 Å². The molecule has 86 valence electrons. The van der Waals surface area contributed by atoms with Crippen molar-refractivity contribution in [1.29, 1.82) is 0 Å². The maximum absolute atomic E-state index is 12.2. The first-order valence-electron chi connectivity index (χ1n) is 5.58. The van der Waals surface area contributed by atoms with Gasteiger partial charge in [-0.1, -0.05) is 54.3 Å². The molecule has 1 saturated heterocycles. The number of hydrogen-bond acceptors (Lipinski definition) is 3. The molecular weight excluding hydrogens is 250 g/mol. The molecule has 1 aromatic rings. The van der Waals surface area contributed by atoms with Gasteiger partial charge in [-0.05, 0) is 24.5 Å². The minimum absolute atomic E-state index is 0.0753. The smallest absolute Gasteiger partial charge is 0.266 e. The largest absolute Gasteiger partial charge is 0.290 e. The fourth-order valence-corrected chi connectivity index (χ4v) is 3.23. The van der Waals surface area contributed by atoms with Crippen molar-refractivity contribution < 1.29 is 4.79 Å². The third-order valence-electron chi connectivity index (χ3n) is 2.83. The van der Waals surface area contributed by atoms with Crippen LogP contribution in [0.3, 0.4) is 0 Å². The fourth-order valence-electron chi connectivity index (χ4n) is 1.83. The van der Waals surface area contributed by atoms with Gasteiger partial charge in [0.25, 0.3) is 5.91 Å². The molecule has 17 heavy (non-hydrogen) atoms. The summed E-state index contributed by atoms with van der Waals surface area (Å²) < 4.78 is 0.708. The van der Waals surface area contributed by atoms with Gasteiger partial charge in [0.2, 0.25) is 0 Å². The van der Waals surface area contributed by atoms with Crippen LogP contribution in [0.5, 0.6) is 0 Å². The van der Waals surface area contributed by atoms with Gasteiger partial charge in [0.1, 0.15) is 4.32 Å². The lowest BCUT2D eigenvalue weighted by atomic mass is 10.2. The number of amides is 1. The van der Waals surface area contributed by atoms with Gasteiger partial charge in [0.05, 0.1) is 4.91 Å². The molecule has 2 aliphatic rings. The lowest BCUT2D eigenvalue weighted by Crippen LogP contribution is -2.29. The molecule has 3 rings (SSSR count). The number of nitrogens with zero attached hydrogens (tertiary/aromatic N) is 1. The molecule has 0 atom stereocenters. The van der Waals surface area contributed by atoms with Gasteiger partial charge in [-0.15, -0.1) is 0 Å². The van der Waals surface area contributed by atoms with Crippen molar-refractivity contribution in [2.45, 2.75) is 18.9 Å². The van der Waals surface area contributed by atoms with E-state index in [9.17, 15) is 4.79 Å². The van der Waals surface area contributed by atoms with E-state index in [0.717, 1.165) is 23.3 Å². The molecule has 1 saturated carbocycles. The van der Waals surface area contributed by atoms with Gasteiger partial charge >= 0.3 is 0 Å². The van der Waals surface area contributed by atoms with Gasteiger partial charge in [0, 0.05) is 6.04 Å². The van der Waals surface area contributed by atoms with Crippen LogP contribution in [0.4, 0.5) is 0 Å². The van der Waals surface area contributed by atoms with Crippen molar-refractivity contribution in [3.05, 3.63) is 40.8 Å². The van der Waals surface area contributed by atoms with Crippen molar-refractivity contribution in [1.82, 2.24) is 4.90 Å². The minimum atomic E-state index is 0.0753. The zero-order valence-electron chi connectivity index (χ0n) is 9.13. The molecule has 0 spiro atoms. The lowest BCUT2D eigenvalue weighted by Gasteiger charge is -2.11. The number of rotatable bonds is 2. The normalized spacial score (nSPS) is 22.6. The second-order valence-electron chi connectivity index (χ2n) is 4.19. The number of carbonyl (C=O) groups excluding carboxylic acids is 1. The van der Waals surface area contributed by atoms with Crippen LogP contribution in [-0.2, 0) is 4.79 Å². The third-order valence-corrected chi connectivity index (χ3v) is 4.16. The van der Waals surface area contributed by atoms with E-state index < -0.39 is 0 Å². The fraction of sp³-hybridized carbons (Fsp3) is 0.231. The van der Waals surface area contributed by atoms with E-state index in [1.54, 1.807) is 4.90 Å². The highest BCUT2D eigenvalue weighted by atomic mass is 32.2. The van der Waals surface area contributed by atoms with E-state index in [4.69, 9.17) is 12.2 Å². The Morgan fingerprint density at radius 2 is 2.00 bits per heavy atom. The van der Waals surface area contributed by atoms with Crippen molar-refractivity contribution in [3.8, 4) is 0 Å². The standard InChI is InChI=1S/C13H11NOS2/c15-12-11(8-9-4-2-1-3-5-9)17-13(16)14(12)10-6-7-10/h1-5,8,10H,6-7H2/b11-8-. The maximum Gasteiger partial charge on any atom is 0.266 e. The molecule has 0 radical (unpaired) electrons. The van der Waals surface area contributed by atoms with Crippen LogP contribution < -0.4 is 0 Å². The topological polar surface area (TPSA) is 20.3 Å². The monoisotopic (exact) mass is 261 g/mol. The van der Waals surface area contributed by atoms with Crippen molar-refractivity contribution in [2.75, 3.05) is 0 Å².